The predicted molar refractivity (Wildman–Crippen MR) is 68.4 cm³/mol. The highest BCUT2D eigenvalue weighted by Gasteiger charge is 2.26. The second-order valence-corrected chi connectivity index (χ2v) is 4.80. The molecule has 1 saturated carbocycles. The van der Waals surface area contributed by atoms with Gasteiger partial charge in [-0.05, 0) is 24.8 Å². The molecule has 0 unspecified atom stereocenters. The Balaban J connectivity index is 2.31. The summed E-state index contributed by atoms with van der Waals surface area (Å²) in [7, 11) is 3.04. The van der Waals surface area contributed by atoms with Crippen LogP contribution in [0.4, 0.5) is 4.39 Å². The van der Waals surface area contributed by atoms with E-state index in [4.69, 9.17) is 15.2 Å². The summed E-state index contributed by atoms with van der Waals surface area (Å²) in [6.07, 6.45) is 4.53. The van der Waals surface area contributed by atoms with E-state index in [0.717, 1.165) is 12.8 Å². The number of ether oxygens (including phenoxy) is 2. The van der Waals surface area contributed by atoms with Crippen LogP contribution in [-0.4, -0.2) is 14.2 Å². The van der Waals surface area contributed by atoms with Crippen LogP contribution in [0.3, 0.4) is 0 Å². The summed E-state index contributed by atoms with van der Waals surface area (Å²) in [5.41, 5.74) is 6.71. The number of hydrogen-bond acceptors (Lipinski definition) is 3. The highest BCUT2D eigenvalue weighted by atomic mass is 19.1. The van der Waals surface area contributed by atoms with Gasteiger partial charge < -0.3 is 15.2 Å². The maximum atomic E-state index is 14.0. The van der Waals surface area contributed by atoms with Crippen LogP contribution in [0, 0.1) is 11.7 Å². The molecule has 0 radical (unpaired) electrons. The normalized spacial score (nSPS) is 17.8. The lowest BCUT2D eigenvalue weighted by Gasteiger charge is -2.21. The number of benzene rings is 1. The van der Waals surface area contributed by atoms with Gasteiger partial charge in [-0.1, -0.05) is 12.8 Å². The molecule has 0 aromatic heterocycles. The maximum absolute atomic E-state index is 14.0. The highest BCUT2D eigenvalue weighted by Crippen LogP contribution is 2.38. The average Bonchev–Trinajstić information content (AvgIpc) is 2.91. The zero-order valence-corrected chi connectivity index (χ0v) is 10.9. The van der Waals surface area contributed by atoms with Crippen molar-refractivity contribution >= 4 is 0 Å². The summed E-state index contributed by atoms with van der Waals surface area (Å²) in [5.74, 6) is 0.990. The first-order chi connectivity index (χ1) is 8.67. The lowest BCUT2D eigenvalue weighted by Crippen LogP contribution is -2.20. The van der Waals surface area contributed by atoms with E-state index >= 15 is 0 Å². The first-order valence-corrected chi connectivity index (χ1v) is 6.34. The Kier molecular flexibility index (Phi) is 4.07. The molecular formula is C14H20FNO2. The monoisotopic (exact) mass is 253 g/mol. The lowest BCUT2D eigenvalue weighted by atomic mass is 9.92. The van der Waals surface area contributed by atoms with Gasteiger partial charge >= 0.3 is 0 Å². The Morgan fingerprint density at radius 2 is 1.72 bits per heavy atom. The number of halogens is 1. The largest absolute Gasteiger partial charge is 0.493 e. The molecule has 0 bridgehead atoms. The van der Waals surface area contributed by atoms with Crippen molar-refractivity contribution in [3.05, 3.63) is 23.5 Å². The molecule has 100 valence electrons. The Morgan fingerprint density at radius 3 is 2.28 bits per heavy atom. The third-order valence-corrected chi connectivity index (χ3v) is 3.77. The van der Waals surface area contributed by atoms with Gasteiger partial charge in [-0.25, -0.2) is 4.39 Å². The highest BCUT2D eigenvalue weighted by molar-refractivity contribution is 5.44. The Morgan fingerprint density at radius 1 is 1.17 bits per heavy atom. The minimum atomic E-state index is -0.313. The Hall–Kier alpha value is -1.29. The second kappa shape index (κ2) is 5.57. The minimum Gasteiger partial charge on any atom is -0.493 e. The molecule has 1 fully saturated rings. The summed E-state index contributed by atoms with van der Waals surface area (Å²) < 4.78 is 24.3. The fourth-order valence-electron chi connectivity index (χ4n) is 2.70. The zero-order chi connectivity index (χ0) is 13.1. The third kappa shape index (κ3) is 2.43. The smallest absolute Gasteiger partial charge is 0.163 e. The quantitative estimate of drug-likeness (QED) is 0.897. The summed E-state index contributed by atoms with van der Waals surface area (Å²) in [4.78, 5) is 0. The SMILES string of the molecule is COc1cc(F)c([C@H](N)C2CCCC2)cc1OC. The van der Waals surface area contributed by atoms with E-state index < -0.39 is 0 Å². The van der Waals surface area contributed by atoms with E-state index in [1.54, 1.807) is 13.2 Å². The van der Waals surface area contributed by atoms with E-state index in [2.05, 4.69) is 0 Å². The van der Waals surface area contributed by atoms with Gasteiger partial charge in [0.25, 0.3) is 0 Å². The van der Waals surface area contributed by atoms with E-state index in [1.165, 1.54) is 26.0 Å². The molecule has 1 aliphatic rings. The van der Waals surface area contributed by atoms with Crippen LogP contribution < -0.4 is 15.2 Å². The fraction of sp³-hybridized carbons (Fsp3) is 0.571. The van der Waals surface area contributed by atoms with Crippen molar-refractivity contribution in [3.63, 3.8) is 0 Å². The summed E-state index contributed by atoms with van der Waals surface area (Å²) in [6.45, 7) is 0. The molecule has 18 heavy (non-hydrogen) atoms. The van der Waals surface area contributed by atoms with Gasteiger partial charge in [0.15, 0.2) is 11.5 Å². The Labute approximate surface area is 107 Å². The van der Waals surface area contributed by atoms with Gasteiger partial charge in [-0.15, -0.1) is 0 Å². The third-order valence-electron chi connectivity index (χ3n) is 3.77. The molecule has 0 spiro atoms. The summed E-state index contributed by atoms with van der Waals surface area (Å²) in [5, 5.41) is 0. The number of nitrogens with two attached hydrogens (primary N) is 1. The van der Waals surface area contributed by atoms with Gasteiger partial charge in [0, 0.05) is 17.7 Å². The average molecular weight is 253 g/mol. The van der Waals surface area contributed by atoms with Gasteiger partial charge in [-0.3, -0.25) is 0 Å². The van der Waals surface area contributed by atoms with Gasteiger partial charge in [0.2, 0.25) is 0 Å². The number of hydrogen-bond donors (Lipinski definition) is 1. The minimum absolute atomic E-state index is 0.257. The fourth-order valence-corrected chi connectivity index (χ4v) is 2.70. The molecule has 0 amide bonds. The number of methoxy groups -OCH3 is 2. The standard InChI is InChI=1S/C14H20FNO2/c1-17-12-7-10(11(15)8-13(12)18-2)14(16)9-5-3-4-6-9/h7-9,14H,3-6,16H2,1-2H3/t14-/m1/s1. The molecule has 1 aromatic rings. The van der Waals surface area contributed by atoms with Crippen LogP contribution in [0.1, 0.15) is 37.3 Å². The summed E-state index contributed by atoms with van der Waals surface area (Å²) >= 11 is 0. The van der Waals surface area contributed by atoms with E-state index in [1.807, 2.05) is 0 Å². The first-order valence-electron chi connectivity index (χ1n) is 6.34. The molecule has 0 heterocycles. The molecule has 3 nitrogen and oxygen atoms in total. The van der Waals surface area contributed by atoms with Gasteiger partial charge in [0.1, 0.15) is 5.82 Å². The predicted octanol–water partition coefficient (Wildman–Crippen LogP) is 3.03. The molecule has 0 saturated heterocycles. The topological polar surface area (TPSA) is 44.5 Å². The van der Waals surface area contributed by atoms with Crippen LogP contribution >= 0.6 is 0 Å². The molecule has 1 atom stereocenters. The van der Waals surface area contributed by atoms with Crippen molar-refractivity contribution < 1.29 is 13.9 Å². The van der Waals surface area contributed by atoms with E-state index in [-0.39, 0.29) is 11.9 Å². The van der Waals surface area contributed by atoms with E-state index in [9.17, 15) is 4.39 Å². The van der Waals surface area contributed by atoms with Crippen molar-refractivity contribution in [2.45, 2.75) is 31.7 Å². The van der Waals surface area contributed by atoms with Gasteiger partial charge in [0.05, 0.1) is 14.2 Å². The van der Waals surface area contributed by atoms with Crippen molar-refractivity contribution in [1.82, 2.24) is 0 Å². The van der Waals surface area contributed by atoms with Crippen molar-refractivity contribution in [1.29, 1.82) is 0 Å². The first kappa shape index (κ1) is 13.1. The maximum Gasteiger partial charge on any atom is 0.163 e. The molecule has 0 aliphatic heterocycles. The van der Waals surface area contributed by atoms with Crippen molar-refractivity contribution in [2.24, 2.45) is 11.7 Å². The van der Waals surface area contributed by atoms with Crippen LogP contribution in [0.5, 0.6) is 11.5 Å². The van der Waals surface area contributed by atoms with E-state index in [0.29, 0.717) is 23.0 Å². The van der Waals surface area contributed by atoms with Crippen LogP contribution in [0.25, 0.3) is 0 Å². The molecule has 1 aromatic carbocycles. The number of rotatable bonds is 4. The Bertz CT molecular complexity index is 417. The second-order valence-electron chi connectivity index (χ2n) is 4.80. The van der Waals surface area contributed by atoms with Crippen LogP contribution in [-0.2, 0) is 0 Å². The molecule has 4 heteroatoms. The van der Waals surface area contributed by atoms with Crippen LogP contribution in [0.15, 0.2) is 12.1 Å². The molecule has 2 N–H and O–H groups in total. The lowest BCUT2D eigenvalue weighted by molar-refractivity contribution is 0.348. The van der Waals surface area contributed by atoms with Gasteiger partial charge in [-0.2, -0.15) is 0 Å². The molecule has 1 aliphatic carbocycles. The molecule has 2 rings (SSSR count). The van der Waals surface area contributed by atoms with Crippen molar-refractivity contribution in [2.75, 3.05) is 14.2 Å². The summed E-state index contributed by atoms with van der Waals surface area (Å²) in [6, 6.07) is 2.76. The molecular weight excluding hydrogens is 233 g/mol. The van der Waals surface area contributed by atoms with Crippen LogP contribution in [0.2, 0.25) is 0 Å². The zero-order valence-electron chi connectivity index (χ0n) is 10.9. The van der Waals surface area contributed by atoms with Crippen molar-refractivity contribution in [3.8, 4) is 11.5 Å².